The molecule has 3 aromatic carbocycles. The molecule has 1 atom stereocenters. The number of carboxylic acids is 1. The van der Waals surface area contributed by atoms with Crippen molar-refractivity contribution in [1.82, 2.24) is 9.88 Å². The number of ether oxygens (including phenoxy) is 2. The molecule has 2 aliphatic heterocycles. The Kier molecular flexibility index (Phi) is 8.99. The molecule has 0 fully saturated rings. The van der Waals surface area contributed by atoms with E-state index in [0.29, 0.717) is 17.9 Å². The van der Waals surface area contributed by atoms with Gasteiger partial charge < -0.3 is 14.6 Å². The fraction of sp³-hybridized carbons (Fsp3) is 0.385. The maximum absolute atomic E-state index is 12.9. The van der Waals surface area contributed by atoms with Crippen LogP contribution in [0.3, 0.4) is 0 Å². The topological polar surface area (TPSA) is 71.9 Å². The van der Waals surface area contributed by atoms with Crippen molar-refractivity contribution in [1.29, 1.82) is 0 Å². The van der Waals surface area contributed by atoms with Crippen LogP contribution in [0, 0.1) is 20.8 Å². The average molecular weight is 639 g/mol. The van der Waals surface area contributed by atoms with E-state index in [-0.39, 0.29) is 0 Å². The Labute approximate surface area is 277 Å². The maximum atomic E-state index is 12.9. The molecule has 0 saturated heterocycles. The lowest BCUT2D eigenvalue weighted by Crippen LogP contribution is -2.30. The Hall–Kier alpha value is -3.71. The van der Waals surface area contributed by atoms with E-state index in [4.69, 9.17) is 26.1 Å². The van der Waals surface area contributed by atoms with Gasteiger partial charge in [-0.15, -0.1) is 0 Å². The summed E-state index contributed by atoms with van der Waals surface area (Å²) in [5.74, 6) is -0.136. The highest BCUT2D eigenvalue weighted by atomic mass is 35.5. The highest BCUT2D eigenvalue weighted by Crippen LogP contribution is 2.44. The van der Waals surface area contributed by atoms with Crippen LogP contribution in [-0.4, -0.2) is 39.7 Å². The van der Waals surface area contributed by atoms with Crippen LogP contribution in [0.25, 0.3) is 22.3 Å². The molecule has 240 valence electrons. The molecule has 6 nitrogen and oxygen atoms in total. The second-order valence-electron chi connectivity index (χ2n) is 13.6. The Morgan fingerprint density at radius 3 is 2.46 bits per heavy atom. The van der Waals surface area contributed by atoms with Crippen molar-refractivity contribution in [3.63, 3.8) is 0 Å². The zero-order valence-corrected chi connectivity index (χ0v) is 28.4. The molecule has 1 N–H and O–H groups in total. The first-order valence-electron chi connectivity index (χ1n) is 16.2. The first-order valence-corrected chi connectivity index (χ1v) is 16.5. The minimum Gasteiger partial charge on any atom is -0.493 e. The summed E-state index contributed by atoms with van der Waals surface area (Å²) in [7, 11) is 0. The van der Waals surface area contributed by atoms with Crippen LogP contribution < -0.4 is 4.74 Å². The zero-order valence-electron chi connectivity index (χ0n) is 27.7. The lowest BCUT2D eigenvalue weighted by molar-refractivity contribution is -0.160. The highest BCUT2D eigenvalue weighted by molar-refractivity contribution is 6.31. The van der Waals surface area contributed by atoms with Gasteiger partial charge in [-0.2, -0.15) is 0 Å². The Bertz CT molecular complexity index is 1790. The second-order valence-corrected chi connectivity index (χ2v) is 14.1. The summed E-state index contributed by atoms with van der Waals surface area (Å²) in [4.78, 5) is 20.3. The van der Waals surface area contributed by atoms with Crippen LogP contribution in [0.2, 0.25) is 5.02 Å². The molecule has 0 aliphatic carbocycles. The quantitative estimate of drug-likeness (QED) is 0.218. The smallest absolute Gasteiger partial charge is 0.337 e. The van der Waals surface area contributed by atoms with Crippen molar-refractivity contribution in [2.45, 2.75) is 85.6 Å². The molecule has 4 aromatic rings. The zero-order chi connectivity index (χ0) is 32.7. The van der Waals surface area contributed by atoms with Gasteiger partial charge in [0.15, 0.2) is 6.10 Å². The van der Waals surface area contributed by atoms with Crippen LogP contribution in [0.5, 0.6) is 5.75 Å². The Morgan fingerprint density at radius 1 is 0.978 bits per heavy atom. The molecular weight excluding hydrogens is 596 g/mol. The van der Waals surface area contributed by atoms with Crippen molar-refractivity contribution in [3.8, 4) is 28.0 Å². The number of benzene rings is 3. The van der Waals surface area contributed by atoms with Gasteiger partial charge in [-0.3, -0.25) is 9.88 Å². The van der Waals surface area contributed by atoms with Gasteiger partial charge in [0.2, 0.25) is 0 Å². The van der Waals surface area contributed by atoms with E-state index in [9.17, 15) is 9.90 Å². The summed E-state index contributed by atoms with van der Waals surface area (Å²) >= 11 is 6.57. The summed E-state index contributed by atoms with van der Waals surface area (Å²) in [6.45, 7) is 15.0. The molecular formula is C39H43ClN2O4. The van der Waals surface area contributed by atoms with Crippen LogP contribution in [0.1, 0.15) is 78.1 Å². The summed E-state index contributed by atoms with van der Waals surface area (Å²) in [5, 5.41) is 11.4. The maximum Gasteiger partial charge on any atom is 0.337 e. The summed E-state index contributed by atoms with van der Waals surface area (Å²) < 4.78 is 12.2. The molecule has 0 spiro atoms. The third kappa shape index (κ3) is 6.57. The molecule has 0 radical (unpaired) electrons. The van der Waals surface area contributed by atoms with Gasteiger partial charge >= 0.3 is 5.97 Å². The molecule has 46 heavy (non-hydrogen) atoms. The third-order valence-electron chi connectivity index (χ3n) is 9.08. The molecule has 0 bridgehead atoms. The predicted molar refractivity (Wildman–Crippen MR) is 184 cm³/mol. The van der Waals surface area contributed by atoms with Crippen molar-refractivity contribution in [2.75, 3.05) is 13.2 Å². The Morgan fingerprint density at radius 2 is 1.72 bits per heavy atom. The fourth-order valence-electron chi connectivity index (χ4n) is 6.93. The van der Waals surface area contributed by atoms with Crippen LogP contribution in [0.15, 0.2) is 54.6 Å². The van der Waals surface area contributed by atoms with Crippen molar-refractivity contribution in [3.05, 3.63) is 104 Å². The van der Waals surface area contributed by atoms with E-state index in [1.807, 2.05) is 58.9 Å². The predicted octanol–water partition coefficient (Wildman–Crippen LogP) is 8.82. The number of nitrogens with zero attached hydrogens (tertiary/aromatic N) is 2. The minimum absolute atomic E-state index is 0.596. The number of hydrogen-bond acceptors (Lipinski definition) is 5. The number of hydrogen-bond donors (Lipinski definition) is 1. The molecule has 2 aliphatic rings. The number of aryl methyl sites for hydroxylation is 4. The van der Waals surface area contributed by atoms with Crippen LogP contribution >= 0.6 is 11.6 Å². The van der Waals surface area contributed by atoms with Crippen molar-refractivity contribution >= 4 is 17.6 Å². The van der Waals surface area contributed by atoms with E-state index in [2.05, 4.69) is 42.2 Å². The second kappa shape index (κ2) is 12.8. The minimum atomic E-state index is -1.19. The largest absolute Gasteiger partial charge is 0.493 e. The molecule has 7 heteroatoms. The molecule has 0 unspecified atom stereocenters. The number of aromatic nitrogens is 1. The first kappa shape index (κ1) is 32.2. The van der Waals surface area contributed by atoms with Gasteiger partial charge in [0.1, 0.15) is 5.75 Å². The molecule has 6 rings (SSSR count). The third-order valence-corrected chi connectivity index (χ3v) is 9.44. The van der Waals surface area contributed by atoms with Gasteiger partial charge in [0.05, 0.1) is 12.2 Å². The number of fused-ring (bicyclic) bond motifs is 2. The number of rotatable bonds is 7. The standard InChI is InChI=1S/C39H43ClN2O4/c1-23-9-7-11-32(40)31(23)22-42-17-16-26-19-28(12-13-30(26)21-42)34-24(2)41-25(3)35(37(38(43)44)46-39(4,5)6)36(34)29-14-15-33-27(20-29)10-8-18-45-33/h7,9,11-15,19-20,37H,8,10,16-18,21-22H2,1-6H3,(H,43,44)/t37-/m0/s1. The van der Waals surface area contributed by atoms with Crippen molar-refractivity contribution in [2.24, 2.45) is 0 Å². The normalized spacial score (nSPS) is 15.5. The number of aliphatic carboxylic acids is 1. The lowest BCUT2D eigenvalue weighted by Gasteiger charge is -2.31. The SMILES string of the molecule is Cc1cccc(Cl)c1CN1CCc2cc(-c3c(C)nc(C)c([C@H](OC(C)(C)C)C(=O)O)c3-c3ccc4c(c3)CCCO4)ccc2C1. The highest BCUT2D eigenvalue weighted by Gasteiger charge is 2.34. The van der Waals surface area contributed by atoms with Crippen molar-refractivity contribution < 1.29 is 19.4 Å². The van der Waals surface area contributed by atoms with E-state index in [1.165, 1.54) is 22.3 Å². The summed E-state index contributed by atoms with van der Waals surface area (Å²) in [6, 6.07) is 19.0. The van der Waals surface area contributed by atoms with Crippen LogP contribution in [-0.2, 0) is 35.5 Å². The van der Waals surface area contributed by atoms with Gasteiger partial charge in [-0.05, 0) is 124 Å². The summed E-state index contributed by atoms with van der Waals surface area (Å²) in [5.41, 5.74) is 11.3. The lowest BCUT2D eigenvalue weighted by atomic mass is 9.84. The van der Waals surface area contributed by atoms with E-state index < -0.39 is 17.7 Å². The van der Waals surface area contributed by atoms with Gasteiger partial charge in [0, 0.05) is 47.2 Å². The first-order chi connectivity index (χ1) is 21.9. The fourth-order valence-corrected chi connectivity index (χ4v) is 7.21. The Balaban J connectivity index is 1.47. The molecule has 0 amide bonds. The number of halogens is 1. The molecule has 3 heterocycles. The van der Waals surface area contributed by atoms with E-state index in [1.54, 1.807) is 0 Å². The van der Waals surface area contributed by atoms with Crippen LogP contribution in [0.4, 0.5) is 0 Å². The van der Waals surface area contributed by atoms with Gasteiger partial charge in [-0.25, -0.2) is 4.79 Å². The molecule has 0 saturated carbocycles. The van der Waals surface area contributed by atoms with Gasteiger partial charge in [-0.1, -0.05) is 48.0 Å². The van der Waals surface area contributed by atoms with E-state index >= 15 is 0 Å². The molecule has 1 aromatic heterocycles. The average Bonchev–Trinajstić information content (AvgIpc) is 3.00. The van der Waals surface area contributed by atoms with Gasteiger partial charge in [0.25, 0.3) is 0 Å². The number of carboxylic acid groups (broad SMARTS) is 1. The summed E-state index contributed by atoms with van der Waals surface area (Å²) in [6.07, 6.45) is 1.59. The van der Waals surface area contributed by atoms with E-state index in [0.717, 1.165) is 83.2 Å². The number of carbonyl (C=O) groups is 1. The monoisotopic (exact) mass is 638 g/mol. The number of pyridine rings is 1.